The fourth-order valence-corrected chi connectivity index (χ4v) is 2.73. The van der Waals surface area contributed by atoms with Crippen LogP contribution in [0.3, 0.4) is 0 Å². The number of nitrogens with two attached hydrogens (primary N) is 1. The van der Waals surface area contributed by atoms with Gasteiger partial charge in [0.2, 0.25) is 0 Å². The molecule has 2 aromatic rings. The van der Waals surface area contributed by atoms with Crippen LogP contribution in [0, 0.1) is 5.41 Å². The number of amidine groups is 1. The van der Waals surface area contributed by atoms with Crippen molar-refractivity contribution in [3.63, 3.8) is 0 Å². The summed E-state index contributed by atoms with van der Waals surface area (Å²) in [7, 11) is 0. The van der Waals surface area contributed by atoms with Crippen molar-refractivity contribution in [2.75, 3.05) is 18.0 Å². The topological polar surface area (TPSA) is 66.0 Å². The van der Waals surface area contributed by atoms with Crippen LogP contribution in [0.2, 0.25) is 0 Å². The lowest BCUT2D eigenvalue weighted by Crippen LogP contribution is -2.28. The molecule has 0 aliphatic carbocycles. The number of benzene rings is 1. The molecule has 1 saturated heterocycles. The number of nitrogen functional groups attached to an aromatic ring is 1. The minimum atomic E-state index is -2.72. The highest BCUT2D eigenvalue weighted by Crippen LogP contribution is 2.34. The molecular weight excluding hydrogens is 322 g/mol. The highest BCUT2D eigenvalue weighted by atomic mass is 35.5. The second-order valence-electron chi connectivity index (χ2n) is 5.36. The maximum Gasteiger partial charge on any atom is 0.266 e. The van der Waals surface area contributed by atoms with E-state index in [1.54, 1.807) is 12.3 Å². The molecule has 0 saturated carbocycles. The van der Waals surface area contributed by atoms with Crippen LogP contribution in [0.1, 0.15) is 12.0 Å². The van der Waals surface area contributed by atoms with E-state index >= 15 is 0 Å². The van der Waals surface area contributed by atoms with E-state index in [0.717, 1.165) is 11.1 Å². The molecule has 1 fully saturated rings. The molecule has 3 rings (SSSR count). The maximum absolute atomic E-state index is 13.5. The standard InChI is InChI=1S/C16H16F2N4.ClH/c17-16(18)7-9-22(10-16)15-13(14(19)20)12(6-8-21-15)11-4-2-1-3-5-11;/h1-6,8H,7,9-10H2,(H3,19,20);1H. The average molecular weight is 339 g/mol. The van der Waals surface area contributed by atoms with Gasteiger partial charge in [0, 0.05) is 19.2 Å². The SMILES string of the molecule is Cl.N=C(N)c1c(-c2ccccc2)ccnc1N1CCC(F)(F)C1. The largest absolute Gasteiger partial charge is 0.384 e. The van der Waals surface area contributed by atoms with Crippen LogP contribution >= 0.6 is 12.4 Å². The van der Waals surface area contributed by atoms with Crippen molar-refractivity contribution in [2.45, 2.75) is 12.3 Å². The van der Waals surface area contributed by atoms with E-state index in [-0.39, 0.29) is 31.2 Å². The van der Waals surface area contributed by atoms with Gasteiger partial charge < -0.3 is 10.6 Å². The van der Waals surface area contributed by atoms with Gasteiger partial charge in [0.05, 0.1) is 12.1 Å². The first kappa shape index (κ1) is 17.1. The molecule has 122 valence electrons. The first-order chi connectivity index (χ1) is 10.5. The van der Waals surface area contributed by atoms with Gasteiger partial charge >= 0.3 is 0 Å². The fourth-order valence-electron chi connectivity index (χ4n) is 2.73. The Bertz CT molecular complexity index is 706. The summed E-state index contributed by atoms with van der Waals surface area (Å²) in [5.74, 6) is -2.54. The number of halogens is 3. The Kier molecular flexibility index (Phi) is 4.85. The van der Waals surface area contributed by atoms with Gasteiger partial charge in [0.1, 0.15) is 11.7 Å². The van der Waals surface area contributed by atoms with Crippen molar-refractivity contribution in [2.24, 2.45) is 5.73 Å². The van der Waals surface area contributed by atoms with Gasteiger partial charge in [-0.1, -0.05) is 30.3 Å². The van der Waals surface area contributed by atoms with Crippen LogP contribution in [0.4, 0.5) is 14.6 Å². The second-order valence-corrected chi connectivity index (χ2v) is 5.36. The highest BCUT2D eigenvalue weighted by Gasteiger charge is 2.39. The van der Waals surface area contributed by atoms with Crippen molar-refractivity contribution >= 4 is 24.1 Å². The van der Waals surface area contributed by atoms with E-state index in [1.807, 2.05) is 30.3 Å². The molecule has 0 spiro atoms. The van der Waals surface area contributed by atoms with Crippen molar-refractivity contribution in [1.29, 1.82) is 5.41 Å². The van der Waals surface area contributed by atoms with Gasteiger partial charge in [0.25, 0.3) is 5.92 Å². The number of alkyl halides is 2. The molecule has 3 N–H and O–H groups in total. The van der Waals surface area contributed by atoms with Crippen LogP contribution in [-0.2, 0) is 0 Å². The van der Waals surface area contributed by atoms with Crippen molar-refractivity contribution < 1.29 is 8.78 Å². The third kappa shape index (κ3) is 3.42. The summed E-state index contributed by atoms with van der Waals surface area (Å²) in [6.45, 7) is -0.183. The highest BCUT2D eigenvalue weighted by molar-refractivity contribution is 6.05. The lowest BCUT2D eigenvalue weighted by atomic mass is 10.00. The van der Waals surface area contributed by atoms with Crippen LogP contribution in [0.25, 0.3) is 11.1 Å². The molecule has 2 heterocycles. The minimum Gasteiger partial charge on any atom is -0.384 e. The number of hydrogen-bond donors (Lipinski definition) is 2. The Morgan fingerprint density at radius 3 is 2.48 bits per heavy atom. The van der Waals surface area contributed by atoms with E-state index in [4.69, 9.17) is 11.1 Å². The van der Waals surface area contributed by atoms with E-state index in [9.17, 15) is 8.78 Å². The summed E-state index contributed by atoms with van der Waals surface area (Å²) in [4.78, 5) is 5.71. The zero-order valence-corrected chi connectivity index (χ0v) is 13.1. The Morgan fingerprint density at radius 2 is 1.91 bits per heavy atom. The molecule has 23 heavy (non-hydrogen) atoms. The van der Waals surface area contributed by atoms with Gasteiger partial charge in [-0.3, -0.25) is 5.41 Å². The lowest BCUT2D eigenvalue weighted by molar-refractivity contribution is 0.0256. The molecule has 0 unspecified atom stereocenters. The van der Waals surface area contributed by atoms with Gasteiger partial charge in [0.15, 0.2) is 0 Å². The first-order valence-corrected chi connectivity index (χ1v) is 6.99. The number of anilines is 1. The van der Waals surface area contributed by atoms with Crippen molar-refractivity contribution in [1.82, 2.24) is 4.98 Å². The van der Waals surface area contributed by atoms with Gasteiger partial charge in [-0.2, -0.15) is 0 Å². The summed E-state index contributed by atoms with van der Waals surface area (Å²) in [5.41, 5.74) is 7.73. The zero-order valence-electron chi connectivity index (χ0n) is 12.3. The van der Waals surface area contributed by atoms with E-state index in [2.05, 4.69) is 4.98 Å². The molecule has 0 amide bonds. The molecule has 1 aromatic heterocycles. The third-order valence-electron chi connectivity index (χ3n) is 3.75. The molecule has 1 aliphatic rings. The van der Waals surface area contributed by atoms with E-state index in [0.29, 0.717) is 11.4 Å². The Labute approximate surface area is 139 Å². The summed E-state index contributed by atoms with van der Waals surface area (Å²) < 4.78 is 27.0. The van der Waals surface area contributed by atoms with Gasteiger partial charge in [-0.05, 0) is 17.2 Å². The maximum atomic E-state index is 13.5. The summed E-state index contributed by atoms with van der Waals surface area (Å²) in [5, 5.41) is 7.85. The van der Waals surface area contributed by atoms with Crippen LogP contribution in [0.15, 0.2) is 42.6 Å². The summed E-state index contributed by atoms with van der Waals surface area (Å²) in [6, 6.07) is 11.2. The van der Waals surface area contributed by atoms with Gasteiger partial charge in [-0.15, -0.1) is 12.4 Å². The number of pyridine rings is 1. The van der Waals surface area contributed by atoms with Crippen LogP contribution in [0.5, 0.6) is 0 Å². The molecule has 7 heteroatoms. The summed E-state index contributed by atoms with van der Waals surface area (Å²) in [6.07, 6.45) is 1.36. The minimum absolute atomic E-state index is 0. The average Bonchev–Trinajstić information content (AvgIpc) is 2.87. The molecule has 0 radical (unpaired) electrons. The van der Waals surface area contributed by atoms with Crippen LogP contribution in [-0.4, -0.2) is 29.8 Å². The van der Waals surface area contributed by atoms with Gasteiger partial charge in [-0.25, -0.2) is 13.8 Å². The first-order valence-electron chi connectivity index (χ1n) is 6.99. The number of aromatic nitrogens is 1. The Balaban J connectivity index is 0.00000192. The monoisotopic (exact) mass is 338 g/mol. The lowest BCUT2D eigenvalue weighted by Gasteiger charge is -2.22. The number of nitrogens with zero attached hydrogens (tertiary/aromatic N) is 2. The number of hydrogen-bond acceptors (Lipinski definition) is 3. The molecule has 4 nitrogen and oxygen atoms in total. The number of nitrogens with one attached hydrogen (secondary N) is 1. The number of rotatable bonds is 3. The normalized spacial score (nSPS) is 16.0. The van der Waals surface area contributed by atoms with Crippen molar-refractivity contribution in [3.8, 4) is 11.1 Å². The molecular formula is C16H17ClF2N4. The Morgan fingerprint density at radius 1 is 1.22 bits per heavy atom. The van der Waals surface area contributed by atoms with E-state index < -0.39 is 12.5 Å². The smallest absolute Gasteiger partial charge is 0.266 e. The second kappa shape index (κ2) is 6.50. The zero-order chi connectivity index (χ0) is 15.7. The third-order valence-corrected chi connectivity index (χ3v) is 3.75. The molecule has 0 atom stereocenters. The Hall–Kier alpha value is -2.21. The predicted octanol–water partition coefficient (Wildman–Crippen LogP) is 3.30. The molecule has 0 bridgehead atoms. The molecule has 1 aliphatic heterocycles. The fraction of sp³-hybridized carbons (Fsp3) is 0.250. The van der Waals surface area contributed by atoms with E-state index in [1.165, 1.54) is 4.90 Å². The quantitative estimate of drug-likeness (QED) is 0.666. The predicted molar refractivity (Wildman–Crippen MR) is 89.7 cm³/mol. The molecule has 1 aromatic carbocycles. The van der Waals surface area contributed by atoms with Crippen molar-refractivity contribution in [3.05, 3.63) is 48.2 Å². The summed E-state index contributed by atoms with van der Waals surface area (Å²) >= 11 is 0. The van der Waals surface area contributed by atoms with Crippen LogP contribution < -0.4 is 10.6 Å².